The molecule has 0 radical (unpaired) electrons. The first-order valence-corrected chi connectivity index (χ1v) is 7.10. The Morgan fingerprint density at radius 1 is 1.45 bits per heavy atom. The van der Waals surface area contributed by atoms with Crippen LogP contribution in [0.2, 0.25) is 0 Å². The summed E-state index contributed by atoms with van der Waals surface area (Å²) in [6.07, 6.45) is 1.07. The van der Waals surface area contributed by atoms with Crippen molar-refractivity contribution in [2.75, 3.05) is 19.6 Å². The highest BCUT2D eigenvalue weighted by Gasteiger charge is 2.23. The number of carboxylic acid groups (broad SMARTS) is 1. The Bertz CT molecular complexity index is 577. The summed E-state index contributed by atoms with van der Waals surface area (Å²) >= 11 is 0. The zero-order chi connectivity index (χ0) is 14.9. The molecule has 0 amide bonds. The van der Waals surface area contributed by atoms with Gasteiger partial charge in [0, 0.05) is 24.8 Å². The molecule has 5 nitrogen and oxygen atoms in total. The Morgan fingerprint density at radius 3 is 2.70 bits per heavy atom. The predicted octanol–water partition coefficient (Wildman–Crippen LogP) is 1.51. The van der Waals surface area contributed by atoms with Crippen molar-refractivity contribution in [1.82, 2.24) is 9.47 Å². The van der Waals surface area contributed by atoms with E-state index in [-0.39, 0.29) is 11.1 Å². The molecule has 2 heterocycles. The fourth-order valence-electron chi connectivity index (χ4n) is 3.08. The molecule has 1 saturated heterocycles. The van der Waals surface area contributed by atoms with Gasteiger partial charge in [0.25, 0.3) is 5.56 Å². The summed E-state index contributed by atoms with van der Waals surface area (Å²) < 4.78 is 1.63. The number of hydrogen-bond acceptors (Lipinski definition) is 3. The first-order chi connectivity index (χ1) is 9.43. The van der Waals surface area contributed by atoms with Crippen LogP contribution in [0.5, 0.6) is 0 Å². The SMILES string of the molecule is CCN1CCC(Cn2c(C)c(C(=O)O)c(C)cc2=O)C1. The Kier molecular flexibility index (Phi) is 4.28. The van der Waals surface area contributed by atoms with Gasteiger partial charge in [0.15, 0.2) is 0 Å². The van der Waals surface area contributed by atoms with Gasteiger partial charge in [0.1, 0.15) is 0 Å². The van der Waals surface area contributed by atoms with Crippen LogP contribution in [0.15, 0.2) is 10.9 Å². The van der Waals surface area contributed by atoms with Crippen molar-refractivity contribution in [2.24, 2.45) is 5.92 Å². The first-order valence-electron chi connectivity index (χ1n) is 7.10. The Hall–Kier alpha value is -1.62. The highest BCUT2D eigenvalue weighted by atomic mass is 16.4. The molecule has 20 heavy (non-hydrogen) atoms. The maximum atomic E-state index is 12.1. The van der Waals surface area contributed by atoms with Crippen LogP contribution in [-0.4, -0.2) is 40.2 Å². The molecular formula is C15H22N2O3. The monoisotopic (exact) mass is 278 g/mol. The minimum Gasteiger partial charge on any atom is -0.478 e. The first kappa shape index (κ1) is 14.8. The molecule has 1 fully saturated rings. The number of likely N-dealkylation sites (tertiary alicyclic amines) is 1. The molecule has 1 aliphatic heterocycles. The highest BCUT2D eigenvalue weighted by molar-refractivity contribution is 5.90. The molecule has 1 unspecified atom stereocenters. The zero-order valence-electron chi connectivity index (χ0n) is 12.3. The van der Waals surface area contributed by atoms with Crippen LogP contribution in [0.3, 0.4) is 0 Å². The molecular weight excluding hydrogens is 256 g/mol. The van der Waals surface area contributed by atoms with Crippen LogP contribution in [0.25, 0.3) is 0 Å². The number of hydrogen-bond donors (Lipinski definition) is 1. The van der Waals surface area contributed by atoms with Crippen LogP contribution in [0, 0.1) is 19.8 Å². The van der Waals surface area contributed by atoms with E-state index in [4.69, 9.17) is 0 Å². The maximum absolute atomic E-state index is 12.1. The lowest BCUT2D eigenvalue weighted by Crippen LogP contribution is -2.29. The summed E-state index contributed by atoms with van der Waals surface area (Å²) in [5.41, 5.74) is 1.27. The summed E-state index contributed by atoms with van der Waals surface area (Å²) in [6, 6.07) is 1.43. The van der Waals surface area contributed by atoms with Gasteiger partial charge in [-0.3, -0.25) is 4.79 Å². The largest absolute Gasteiger partial charge is 0.478 e. The van der Waals surface area contributed by atoms with Gasteiger partial charge in [0.05, 0.1) is 5.56 Å². The quantitative estimate of drug-likeness (QED) is 0.906. The number of carboxylic acids is 1. The van der Waals surface area contributed by atoms with Gasteiger partial charge in [-0.15, -0.1) is 0 Å². The van der Waals surface area contributed by atoms with Gasteiger partial charge in [-0.05, 0) is 44.8 Å². The van der Waals surface area contributed by atoms with Gasteiger partial charge in [-0.1, -0.05) is 6.92 Å². The normalized spacial score (nSPS) is 19.4. The number of carbonyl (C=O) groups is 1. The number of nitrogens with zero attached hydrogens (tertiary/aromatic N) is 2. The van der Waals surface area contributed by atoms with E-state index in [9.17, 15) is 14.7 Å². The molecule has 0 aromatic carbocycles. The maximum Gasteiger partial charge on any atom is 0.337 e. The van der Waals surface area contributed by atoms with Crippen molar-refractivity contribution < 1.29 is 9.90 Å². The van der Waals surface area contributed by atoms with Crippen LogP contribution < -0.4 is 5.56 Å². The van der Waals surface area contributed by atoms with Crippen molar-refractivity contribution in [3.63, 3.8) is 0 Å². The number of rotatable bonds is 4. The van der Waals surface area contributed by atoms with Crippen molar-refractivity contribution in [2.45, 2.75) is 33.7 Å². The molecule has 1 N–H and O–H groups in total. The fourth-order valence-corrected chi connectivity index (χ4v) is 3.08. The van der Waals surface area contributed by atoms with E-state index in [1.165, 1.54) is 6.07 Å². The van der Waals surface area contributed by atoms with Crippen LogP contribution in [-0.2, 0) is 6.54 Å². The topological polar surface area (TPSA) is 62.5 Å². The van der Waals surface area contributed by atoms with Gasteiger partial charge in [-0.25, -0.2) is 4.79 Å². The average molecular weight is 278 g/mol. The Balaban J connectivity index is 2.31. The van der Waals surface area contributed by atoms with Gasteiger partial charge in [0.2, 0.25) is 0 Å². The van der Waals surface area contributed by atoms with E-state index < -0.39 is 5.97 Å². The van der Waals surface area contributed by atoms with E-state index in [0.29, 0.717) is 23.7 Å². The van der Waals surface area contributed by atoms with Gasteiger partial charge >= 0.3 is 5.97 Å². The van der Waals surface area contributed by atoms with Gasteiger partial charge in [-0.2, -0.15) is 0 Å². The van der Waals surface area contributed by atoms with Crippen molar-refractivity contribution in [3.8, 4) is 0 Å². The molecule has 1 aromatic heterocycles. The number of aromatic nitrogens is 1. The minimum absolute atomic E-state index is 0.0973. The standard InChI is InChI=1S/C15H22N2O3/c1-4-16-6-5-12(8-16)9-17-11(3)14(15(19)20)10(2)7-13(17)18/h7,12H,4-6,8-9H2,1-3H3,(H,19,20). The van der Waals surface area contributed by atoms with Crippen LogP contribution >= 0.6 is 0 Å². The minimum atomic E-state index is -0.963. The van der Waals surface area contributed by atoms with Crippen molar-refractivity contribution in [3.05, 3.63) is 33.2 Å². The van der Waals surface area contributed by atoms with E-state index in [2.05, 4.69) is 11.8 Å². The third-order valence-electron chi connectivity index (χ3n) is 4.24. The third kappa shape index (κ3) is 2.77. The third-order valence-corrected chi connectivity index (χ3v) is 4.24. The lowest BCUT2D eigenvalue weighted by atomic mass is 10.1. The number of aromatic carboxylic acids is 1. The van der Waals surface area contributed by atoms with Crippen LogP contribution in [0.4, 0.5) is 0 Å². The predicted molar refractivity (Wildman–Crippen MR) is 77.4 cm³/mol. The van der Waals surface area contributed by atoms with Crippen molar-refractivity contribution in [1.29, 1.82) is 0 Å². The molecule has 0 aliphatic carbocycles. The summed E-state index contributed by atoms with van der Waals surface area (Å²) in [5.74, 6) is -0.536. The molecule has 0 spiro atoms. The molecule has 110 valence electrons. The lowest BCUT2D eigenvalue weighted by Gasteiger charge is -2.18. The smallest absolute Gasteiger partial charge is 0.337 e. The summed E-state index contributed by atoms with van der Waals surface area (Å²) in [4.78, 5) is 25.8. The highest BCUT2D eigenvalue weighted by Crippen LogP contribution is 2.19. The molecule has 0 saturated carbocycles. The number of aryl methyl sites for hydroxylation is 1. The molecule has 0 bridgehead atoms. The average Bonchev–Trinajstić information content (AvgIpc) is 2.81. The second-order valence-electron chi connectivity index (χ2n) is 5.59. The fraction of sp³-hybridized carbons (Fsp3) is 0.600. The summed E-state index contributed by atoms with van der Waals surface area (Å²) in [5, 5.41) is 9.28. The zero-order valence-corrected chi connectivity index (χ0v) is 12.3. The summed E-state index contributed by atoms with van der Waals surface area (Å²) in [6.45, 7) is 9.22. The second kappa shape index (κ2) is 5.79. The summed E-state index contributed by atoms with van der Waals surface area (Å²) in [7, 11) is 0. The van der Waals surface area contributed by atoms with Crippen molar-refractivity contribution >= 4 is 5.97 Å². The molecule has 1 aromatic rings. The Labute approximate surface area is 118 Å². The van der Waals surface area contributed by atoms with Crippen LogP contribution in [0.1, 0.15) is 35.0 Å². The van der Waals surface area contributed by atoms with E-state index in [1.807, 2.05) is 0 Å². The molecule has 1 atom stereocenters. The molecule has 1 aliphatic rings. The van der Waals surface area contributed by atoms with E-state index in [0.717, 1.165) is 26.1 Å². The Morgan fingerprint density at radius 2 is 2.15 bits per heavy atom. The second-order valence-corrected chi connectivity index (χ2v) is 5.59. The number of pyridine rings is 1. The molecule has 2 rings (SSSR count). The molecule has 5 heteroatoms. The van der Waals surface area contributed by atoms with Gasteiger partial charge < -0.3 is 14.6 Å². The van der Waals surface area contributed by atoms with E-state index >= 15 is 0 Å². The lowest BCUT2D eigenvalue weighted by molar-refractivity contribution is 0.0694. The van der Waals surface area contributed by atoms with E-state index in [1.54, 1.807) is 18.4 Å².